The molecule has 76 valence electrons. The molecule has 0 N–H and O–H groups in total. The van der Waals surface area contributed by atoms with Crippen LogP contribution in [0.3, 0.4) is 0 Å². The van der Waals surface area contributed by atoms with Gasteiger partial charge in [-0.15, -0.1) is 0 Å². The first-order valence-electron chi connectivity index (χ1n) is 3.90. The monoisotopic (exact) mass is 322 g/mol. The lowest BCUT2D eigenvalue weighted by Crippen LogP contribution is -2.04. The first kappa shape index (κ1) is 11.6. The molecule has 1 aromatic rings. The Hall–Kier alpha value is -0.490. The van der Waals surface area contributed by atoms with E-state index in [1.54, 1.807) is 6.20 Å². The Morgan fingerprint density at radius 2 is 2.29 bits per heavy atom. The summed E-state index contributed by atoms with van der Waals surface area (Å²) in [7, 11) is 0. The van der Waals surface area contributed by atoms with Gasteiger partial charge in [-0.25, -0.2) is 9.97 Å². The summed E-state index contributed by atoms with van der Waals surface area (Å²) in [5.41, 5.74) is 0.912. The maximum Gasteiger partial charge on any atom is 0.302 e. The summed E-state index contributed by atoms with van der Waals surface area (Å²) in [6, 6.07) is 0. The first-order chi connectivity index (χ1) is 6.59. The van der Waals surface area contributed by atoms with Gasteiger partial charge in [0.05, 0.1) is 6.61 Å². The molecular weight excluding hydrogens is 316 g/mol. The maximum atomic E-state index is 10.5. The van der Waals surface area contributed by atoms with Gasteiger partial charge in [-0.3, -0.25) is 4.79 Å². The molecule has 0 radical (unpaired) electrons. The molecule has 14 heavy (non-hydrogen) atoms. The highest BCUT2D eigenvalue weighted by Gasteiger charge is 2.03. The highest BCUT2D eigenvalue weighted by atomic mass is 79.9. The van der Waals surface area contributed by atoms with Gasteiger partial charge in [-0.05, 0) is 31.9 Å². The standard InChI is InChI=1S/C8H8Br2N2O2/c1-5(13)14-3-2-6-4-11-8(10)12-7(6)9/h4H,2-3H2,1H3. The molecule has 0 aromatic carbocycles. The second-order valence-corrected chi connectivity index (χ2v) is 4.01. The van der Waals surface area contributed by atoms with Gasteiger partial charge in [0.25, 0.3) is 0 Å². The molecule has 1 rings (SSSR count). The quantitative estimate of drug-likeness (QED) is 0.485. The molecule has 0 saturated carbocycles. The third-order valence-electron chi connectivity index (χ3n) is 1.46. The minimum Gasteiger partial charge on any atom is -0.466 e. The molecule has 0 unspecified atom stereocenters. The summed E-state index contributed by atoms with van der Waals surface area (Å²) in [5.74, 6) is -0.279. The molecule has 0 saturated heterocycles. The number of rotatable bonds is 3. The summed E-state index contributed by atoms with van der Waals surface area (Å²) in [6.45, 7) is 1.73. The predicted molar refractivity (Wildman–Crippen MR) is 57.8 cm³/mol. The van der Waals surface area contributed by atoms with E-state index in [4.69, 9.17) is 4.74 Å². The van der Waals surface area contributed by atoms with E-state index in [0.29, 0.717) is 22.4 Å². The van der Waals surface area contributed by atoms with Gasteiger partial charge in [0.1, 0.15) is 4.60 Å². The Bertz CT molecular complexity index is 344. The fourth-order valence-corrected chi connectivity index (χ4v) is 1.82. The molecule has 0 spiro atoms. The summed E-state index contributed by atoms with van der Waals surface area (Å²) in [4.78, 5) is 18.5. The van der Waals surface area contributed by atoms with Crippen molar-refractivity contribution in [1.29, 1.82) is 0 Å². The molecule has 1 aromatic heterocycles. The number of carbonyl (C=O) groups is 1. The normalized spacial score (nSPS) is 9.93. The van der Waals surface area contributed by atoms with E-state index in [1.807, 2.05) is 0 Å². The van der Waals surface area contributed by atoms with E-state index in [0.717, 1.165) is 5.56 Å². The van der Waals surface area contributed by atoms with Gasteiger partial charge in [0.15, 0.2) is 4.73 Å². The molecule has 0 aliphatic heterocycles. The maximum absolute atomic E-state index is 10.5. The van der Waals surface area contributed by atoms with Crippen molar-refractivity contribution in [2.45, 2.75) is 13.3 Å². The lowest BCUT2D eigenvalue weighted by Gasteiger charge is -2.03. The third-order valence-corrected chi connectivity index (χ3v) is 2.53. The molecule has 0 fully saturated rings. The first-order valence-corrected chi connectivity index (χ1v) is 5.48. The molecule has 0 atom stereocenters. The average molecular weight is 324 g/mol. The molecule has 0 aliphatic carbocycles. The largest absolute Gasteiger partial charge is 0.466 e. The van der Waals surface area contributed by atoms with Crippen LogP contribution in [0.4, 0.5) is 0 Å². The Morgan fingerprint density at radius 1 is 1.57 bits per heavy atom. The number of hydrogen-bond donors (Lipinski definition) is 0. The Labute approximate surface area is 98.3 Å². The van der Waals surface area contributed by atoms with Crippen LogP contribution in [0.2, 0.25) is 0 Å². The number of aromatic nitrogens is 2. The Kier molecular flexibility index (Phi) is 4.47. The van der Waals surface area contributed by atoms with Crippen LogP contribution >= 0.6 is 31.9 Å². The average Bonchev–Trinajstić information content (AvgIpc) is 2.08. The van der Waals surface area contributed by atoms with Crippen molar-refractivity contribution in [3.05, 3.63) is 21.1 Å². The molecule has 6 heteroatoms. The number of halogens is 2. The van der Waals surface area contributed by atoms with E-state index < -0.39 is 0 Å². The van der Waals surface area contributed by atoms with Crippen LogP contribution in [0.1, 0.15) is 12.5 Å². The van der Waals surface area contributed by atoms with Gasteiger partial charge in [0, 0.05) is 25.1 Å². The summed E-state index contributed by atoms with van der Waals surface area (Å²) in [6.07, 6.45) is 2.29. The molecule has 0 bridgehead atoms. The number of carbonyl (C=O) groups excluding carboxylic acids is 1. The topological polar surface area (TPSA) is 52.1 Å². The minimum absolute atomic E-state index is 0.279. The van der Waals surface area contributed by atoms with Crippen LogP contribution in [0, 0.1) is 0 Å². The fraction of sp³-hybridized carbons (Fsp3) is 0.375. The van der Waals surface area contributed by atoms with Gasteiger partial charge in [0.2, 0.25) is 0 Å². The van der Waals surface area contributed by atoms with E-state index in [9.17, 15) is 4.79 Å². The lowest BCUT2D eigenvalue weighted by molar-refractivity contribution is -0.140. The zero-order valence-corrected chi connectivity index (χ0v) is 10.6. The van der Waals surface area contributed by atoms with E-state index in [2.05, 4.69) is 41.8 Å². The van der Waals surface area contributed by atoms with Crippen LogP contribution in [0.5, 0.6) is 0 Å². The molecule has 1 heterocycles. The molecular formula is C8H8Br2N2O2. The number of hydrogen-bond acceptors (Lipinski definition) is 4. The van der Waals surface area contributed by atoms with Crippen molar-refractivity contribution < 1.29 is 9.53 Å². The van der Waals surface area contributed by atoms with Crippen LogP contribution in [-0.4, -0.2) is 22.5 Å². The highest BCUT2D eigenvalue weighted by Crippen LogP contribution is 2.15. The van der Waals surface area contributed by atoms with Crippen molar-refractivity contribution in [2.75, 3.05) is 6.61 Å². The molecule has 4 nitrogen and oxygen atoms in total. The molecule has 0 aliphatic rings. The second kappa shape index (κ2) is 5.41. The zero-order chi connectivity index (χ0) is 10.6. The van der Waals surface area contributed by atoms with Crippen LogP contribution in [-0.2, 0) is 16.0 Å². The van der Waals surface area contributed by atoms with Crippen LogP contribution in [0.15, 0.2) is 15.5 Å². The molecule has 0 amide bonds. The Morgan fingerprint density at radius 3 is 2.86 bits per heavy atom. The van der Waals surface area contributed by atoms with E-state index >= 15 is 0 Å². The Balaban J connectivity index is 2.55. The van der Waals surface area contributed by atoms with Gasteiger partial charge < -0.3 is 4.74 Å². The van der Waals surface area contributed by atoms with Crippen molar-refractivity contribution in [1.82, 2.24) is 9.97 Å². The van der Waals surface area contributed by atoms with Gasteiger partial charge >= 0.3 is 5.97 Å². The van der Waals surface area contributed by atoms with E-state index in [-0.39, 0.29) is 5.97 Å². The fourth-order valence-electron chi connectivity index (χ4n) is 0.839. The van der Waals surface area contributed by atoms with E-state index in [1.165, 1.54) is 6.92 Å². The van der Waals surface area contributed by atoms with Gasteiger partial charge in [-0.1, -0.05) is 0 Å². The van der Waals surface area contributed by atoms with Crippen molar-refractivity contribution >= 4 is 37.8 Å². The second-order valence-electron chi connectivity index (χ2n) is 2.55. The summed E-state index contributed by atoms with van der Waals surface area (Å²) < 4.78 is 6.05. The zero-order valence-electron chi connectivity index (χ0n) is 7.46. The highest BCUT2D eigenvalue weighted by molar-refractivity contribution is 9.11. The van der Waals surface area contributed by atoms with Gasteiger partial charge in [-0.2, -0.15) is 0 Å². The predicted octanol–water partition coefficient (Wildman–Crippen LogP) is 2.11. The third kappa shape index (κ3) is 3.71. The lowest BCUT2D eigenvalue weighted by atomic mass is 10.2. The minimum atomic E-state index is -0.279. The van der Waals surface area contributed by atoms with Crippen molar-refractivity contribution in [2.24, 2.45) is 0 Å². The van der Waals surface area contributed by atoms with Crippen molar-refractivity contribution in [3.63, 3.8) is 0 Å². The van der Waals surface area contributed by atoms with Crippen LogP contribution in [0.25, 0.3) is 0 Å². The SMILES string of the molecule is CC(=O)OCCc1cnc(Br)nc1Br. The summed E-state index contributed by atoms with van der Waals surface area (Å²) in [5, 5.41) is 0. The number of esters is 1. The smallest absolute Gasteiger partial charge is 0.302 e. The number of nitrogens with zero attached hydrogens (tertiary/aromatic N) is 2. The summed E-state index contributed by atoms with van der Waals surface area (Å²) >= 11 is 6.44. The number of ether oxygens (including phenoxy) is 1. The van der Waals surface area contributed by atoms with Crippen molar-refractivity contribution in [3.8, 4) is 0 Å². The van der Waals surface area contributed by atoms with Crippen LogP contribution < -0.4 is 0 Å².